The van der Waals surface area contributed by atoms with E-state index in [4.69, 9.17) is 14.2 Å². The summed E-state index contributed by atoms with van der Waals surface area (Å²) in [4.78, 5) is 23.5. The number of carbonyl (C=O) groups excluding carboxylic acids is 1. The quantitative estimate of drug-likeness (QED) is 0.437. The van der Waals surface area contributed by atoms with Crippen molar-refractivity contribution < 1.29 is 46.5 Å². The van der Waals surface area contributed by atoms with E-state index in [2.05, 4.69) is 5.32 Å². The molecular formula is C22H23F4NO6. The van der Waals surface area contributed by atoms with Gasteiger partial charge in [0.15, 0.2) is 17.4 Å². The molecule has 1 amide bonds. The second-order valence-corrected chi connectivity index (χ2v) is 7.97. The first-order valence-corrected chi connectivity index (χ1v) is 9.66. The van der Waals surface area contributed by atoms with Crippen molar-refractivity contribution in [2.75, 3.05) is 7.11 Å². The van der Waals surface area contributed by atoms with E-state index < -0.39 is 59.3 Å². The monoisotopic (exact) mass is 473 g/mol. The van der Waals surface area contributed by atoms with Crippen LogP contribution >= 0.6 is 0 Å². The zero-order valence-electron chi connectivity index (χ0n) is 18.3. The Kier molecular flexibility index (Phi) is 8.13. The molecular weight excluding hydrogens is 450 g/mol. The number of ether oxygens (including phenoxy) is 3. The molecule has 7 nitrogen and oxygen atoms in total. The van der Waals surface area contributed by atoms with E-state index in [9.17, 15) is 32.3 Å². The highest BCUT2D eigenvalue weighted by Crippen LogP contribution is 2.29. The fourth-order valence-corrected chi connectivity index (χ4v) is 2.79. The van der Waals surface area contributed by atoms with Gasteiger partial charge >= 0.3 is 12.1 Å². The number of alkyl carbamates (subject to hydrolysis) is 1. The van der Waals surface area contributed by atoms with E-state index in [-0.39, 0.29) is 23.8 Å². The van der Waals surface area contributed by atoms with E-state index in [0.29, 0.717) is 5.56 Å². The molecule has 33 heavy (non-hydrogen) atoms. The summed E-state index contributed by atoms with van der Waals surface area (Å²) in [5.41, 5.74) is -0.234. The molecule has 2 N–H and O–H groups in total. The largest absolute Gasteiger partial charge is 0.496 e. The van der Waals surface area contributed by atoms with Crippen LogP contribution in [0.2, 0.25) is 0 Å². The highest BCUT2D eigenvalue weighted by molar-refractivity contribution is 5.80. The number of carboxylic acids is 1. The average Bonchev–Trinajstić information content (AvgIpc) is 2.70. The van der Waals surface area contributed by atoms with Crippen LogP contribution in [0, 0.1) is 23.3 Å². The molecule has 0 bridgehead atoms. The van der Waals surface area contributed by atoms with E-state index in [1.54, 1.807) is 20.8 Å². The van der Waals surface area contributed by atoms with E-state index in [0.717, 1.165) is 0 Å². The Morgan fingerprint density at radius 3 is 2.18 bits per heavy atom. The molecule has 0 aromatic heterocycles. The zero-order chi connectivity index (χ0) is 24.9. The second kappa shape index (κ2) is 10.4. The number of rotatable bonds is 8. The van der Waals surface area contributed by atoms with Crippen molar-refractivity contribution >= 4 is 12.1 Å². The van der Waals surface area contributed by atoms with Crippen LogP contribution in [0.15, 0.2) is 24.3 Å². The summed E-state index contributed by atoms with van der Waals surface area (Å²) in [6, 6.07) is 3.07. The first-order valence-electron chi connectivity index (χ1n) is 9.66. The number of hydrogen-bond acceptors (Lipinski definition) is 5. The maximum absolute atomic E-state index is 13.9. The summed E-state index contributed by atoms with van der Waals surface area (Å²) < 4.78 is 69.7. The van der Waals surface area contributed by atoms with Crippen LogP contribution in [-0.4, -0.2) is 35.9 Å². The second-order valence-electron chi connectivity index (χ2n) is 7.97. The standard InChI is InChI=1S/C22H23F4NO6/c1-22(2,3)33-21(30)27-15(20(28)29)8-11-5-6-16(31-4)12(7-11)10-32-19-17(25)13(23)9-14(24)18(19)26/h5-7,9,15H,8,10H2,1-4H3,(H,27,30)(H,28,29). The summed E-state index contributed by atoms with van der Waals surface area (Å²) in [5, 5.41) is 11.7. The molecule has 0 radical (unpaired) electrons. The van der Waals surface area contributed by atoms with Gasteiger partial charge < -0.3 is 24.6 Å². The molecule has 0 saturated heterocycles. The molecule has 0 aliphatic heterocycles. The molecule has 0 saturated carbocycles. The normalized spacial score (nSPS) is 12.1. The highest BCUT2D eigenvalue weighted by atomic mass is 19.2. The van der Waals surface area contributed by atoms with Gasteiger partial charge in [0, 0.05) is 18.1 Å². The topological polar surface area (TPSA) is 94.1 Å². The number of amides is 1. The lowest BCUT2D eigenvalue weighted by Gasteiger charge is -2.22. The van der Waals surface area contributed by atoms with Crippen molar-refractivity contribution in [3.05, 3.63) is 58.7 Å². The van der Waals surface area contributed by atoms with Crippen LogP contribution in [0.1, 0.15) is 31.9 Å². The molecule has 0 aliphatic carbocycles. The van der Waals surface area contributed by atoms with Gasteiger partial charge in [0.25, 0.3) is 0 Å². The number of benzene rings is 2. The Morgan fingerprint density at radius 1 is 1.06 bits per heavy atom. The minimum atomic E-state index is -1.70. The molecule has 1 atom stereocenters. The third-order valence-corrected chi connectivity index (χ3v) is 4.22. The van der Waals surface area contributed by atoms with Crippen molar-refractivity contribution in [1.82, 2.24) is 5.32 Å². The van der Waals surface area contributed by atoms with Gasteiger partial charge in [0.05, 0.1) is 7.11 Å². The predicted octanol–water partition coefficient (Wildman–Crippen LogP) is 4.35. The third kappa shape index (κ3) is 6.99. The summed E-state index contributed by atoms with van der Waals surface area (Å²) in [7, 11) is 1.31. The maximum atomic E-state index is 13.9. The fraction of sp³-hybridized carbons (Fsp3) is 0.364. The van der Waals surface area contributed by atoms with Gasteiger partial charge in [-0.2, -0.15) is 8.78 Å². The summed E-state index contributed by atoms with van der Waals surface area (Å²) in [6.07, 6.45) is -1.10. The van der Waals surface area contributed by atoms with Crippen LogP contribution in [0.5, 0.6) is 11.5 Å². The number of nitrogens with one attached hydrogen (secondary N) is 1. The van der Waals surface area contributed by atoms with Crippen molar-refractivity contribution in [2.45, 2.75) is 45.4 Å². The van der Waals surface area contributed by atoms with Gasteiger partial charge in [0.1, 0.15) is 24.0 Å². The van der Waals surface area contributed by atoms with Crippen molar-refractivity contribution in [2.24, 2.45) is 0 Å². The lowest BCUT2D eigenvalue weighted by atomic mass is 10.0. The van der Waals surface area contributed by atoms with Crippen LogP contribution in [0.3, 0.4) is 0 Å². The Morgan fingerprint density at radius 2 is 1.67 bits per heavy atom. The van der Waals surface area contributed by atoms with Gasteiger partial charge in [-0.3, -0.25) is 0 Å². The Hall–Kier alpha value is -3.50. The number of methoxy groups -OCH3 is 1. The first kappa shape index (κ1) is 25.8. The Labute approximate surface area is 187 Å². The van der Waals surface area contributed by atoms with Gasteiger partial charge in [0.2, 0.25) is 11.6 Å². The number of aliphatic carboxylic acids is 1. The molecule has 0 fully saturated rings. The van der Waals surface area contributed by atoms with Gasteiger partial charge in [-0.1, -0.05) is 6.07 Å². The molecule has 2 rings (SSSR count). The predicted molar refractivity (Wildman–Crippen MR) is 108 cm³/mol. The highest BCUT2D eigenvalue weighted by Gasteiger charge is 2.25. The number of hydrogen-bond donors (Lipinski definition) is 2. The van der Waals surface area contributed by atoms with Crippen LogP contribution in [0.25, 0.3) is 0 Å². The van der Waals surface area contributed by atoms with E-state index >= 15 is 0 Å². The summed E-state index contributed by atoms with van der Waals surface area (Å²) >= 11 is 0. The smallest absolute Gasteiger partial charge is 0.408 e. The first-order chi connectivity index (χ1) is 15.3. The molecule has 11 heteroatoms. The molecule has 0 heterocycles. The lowest BCUT2D eigenvalue weighted by Crippen LogP contribution is -2.44. The maximum Gasteiger partial charge on any atom is 0.408 e. The van der Waals surface area contributed by atoms with E-state index in [1.165, 1.54) is 25.3 Å². The van der Waals surface area contributed by atoms with Gasteiger partial charge in [-0.25, -0.2) is 18.4 Å². The van der Waals surface area contributed by atoms with Crippen LogP contribution in [-0.2, 0) is 22.6 Å². The lowest BCUT2D eigenvalue weighted by molar-refractivity contribution is -0.139. The van der Waals surface area contributed by atoms with Crippen molar-refractivity contribution in [1.29, 1.82) is 0 Å². The molecule has 2 aromatic rings. The minimum absolute atomic E-state index is 0.0580. The summed E-state index contributed by atoms with van der Waals surface area (Å²) in [6.45, 7) is 4.31. The number of carboxylic acid groups (broad SMARTS) is 1. The van der Waals surface area contributed by atoms with Crippen molar-refractivity contribution in [3.63, 3.8) is 0 Å². The molecule has 0 aliphatic rings. The molecule has 0 spiro atoms. The minimum Gasteiger partial charge on any atom is -0.496 e. The SMILES string of the molecule is COc1ccc(CC(NC(=O)OC(C)(C)C)C(=O)O)cc1COc1c(F)c(F)cc(F)c1F. The van der Waals surface area contributed by atoms with Crippen LogP contribution in [0.4, 0.5) is 22.4 Å². The van der Waals surface area contributed by atoms with Crippen LogP contribution < -0.4 is 14.8 Å². The van der Waals surface area contributed by atoms with Gasteiger partial charge in [-0.05, 0) is 38.5 Å². The average molecular weight is 473 g/mol. The zero-order valence-corrected chi connectivity index (χ0v) is 18.3. The van der Waals surface area contributed by atoms with Gasteiger partial charge in [-0.15, -0.1) is 0 Å². The fourth-order valence-electron chi connectivity index (χ4n) is 2.79. The molecule has 180 valence electrons. The third-order valence-electron chi connectivity index (χ3n) is 4.22. The Balaban J connectivity index is 2.23. The number of carbonyl (C=O) groups is 2. The van der Waals surface area contributed by atoms with Crippen molar-refractivity contribution in [3.8, 4) is 11.5 Å². The molecule has 1 unspecified atom stereocenters. The van der Waals surface area contributed by atoms with E-state index in [1.807, 2.05) is 0 Å². The summed E-state index contributed by atoms with van der Waals surface area (Å²) in [5.74, 6) is -9.00. The number of halogens is 4. The molecule has 2 aromatic carbocycles. The Bertz CT molecular complexity index is 1010.